The van der Waals surface area contributed by atoms with Crippen molar-refractivity contribution in [2.24, 2.45) is 0 Å². The molecular formula is C9H8F3N3. The fourth-order valence-corrected chi connectivity index (χ4v) is 1.25. The van der Waals surface area contributed by atoms with Crippen LogP contribution in [0.3, 0.4) is 0 Å². The van der Waals surface area contributed by atoms with E-state index in [2.05, 4.69) is 9.97 Å². The van der Waals surface area contributed by atoms with E-state index in [1.165, 1.54) is 10.6 Å². The maximum absolute atomic E-state index is 12.3. The number of nitrogens with zero attached hydrogens (tertiary/aromatic N) is 3. The van der Waals surface area contributed by atoms with Crippen LogP contribution in [0, 0.1) is 0 Å². The zero-order valence-corrected chi connectivity index (χ0v) is 7.91. The van der Waals surface area contributed by atoms with Crippen LogP contribution in [0.25, 0.3) is 5.78 Å². The molecule has 0 N–H and O–H groups in total. The van der Waals surface area contributed by atoms with Crippen molar-refractivity contribution in [3.8, 4) is 0 Å². The molecule has 0 aliphatic rings. The average molecular weight is 215 g/mol. The molecule has 2 rings (SSSR count). The van der Waals surface area contributed by atoms with Crippen LogP contribution in [-0.4, -0.2) is 14.4 Å². The first-order valence-corrected chi connectivity index (χ1v) is 4.42. The largest absolute Gasteiger partial charge is 0.433 e. The van der Waals surface area contributed by atoms with Gasteiger partial charge < -0.3 is 0 Å². The van der Waals surface area contributed by atoms with Crippen LogP contribution in [0.4, 0.5) is 13.2 Å². The van der Waals surface area contributed by atoms with Gasteiger partial charge in [0.25, 0.3) is 0 Å². The molecule has 0 bridgehead atoms. The fraction of sp³-hybridized carbons (Fsp3) is 0.333. The minimum Gasteiger partial charge on any atom is -0.291 e. The van der Waals surface area contributed by atoms with Crippen molar-refractivity contribution < 1.29 is 13.2 Å². The van der Waals surface area contributed by atoms with Gasteiger partial charge in [0, 0.05) is 12.4 Å². The molecule has 0 amide bonds. The lowest BCUT2D eigenvalue weighted by Gasteiger charge is -2.04. The van der Waals surface area contributed by atoms with E-state index < -0.39 is 11.9 Å². The Balaban J connectivity index is 2.55. The van der Waals surface area contributed by atoms with E-state index in [1.54, 1.807) is 6.20 Å². The highest BCUT2D eigenvalue weighted by Gasteiger charge is 2.32. The zero-order valence-electron chi connectivity index (χ0n) is 7.91. The molecule has 6 heteroatoms. The molecule has 0 fully saturated rings. The molecule has 0 radical (unpaired) electrons. The molecule has 2 aromatic rings. The quantitative estimate of drug-likeness (QED) is 0.730. The van der Waals surface area contributed by atoms with Crippen LogP contribution in [0.2, 0.25) is 0 Å². The summed E-state index contributed by atoms with van der Waals surface area (Å²) in [7, 11) is 0. The SMILES string of the molecule is CCc1cn2ccc(C(F)(F)F)nc2n1. The Morgan fingerprint density at radius 2 is 2.07 bits per heavy atom. The minimum atomic E-state index is -4.42. The first-order chi connectivity index (χ1) is 7.00. The molecule has 0 saturated carbocycles. The third-order valence-corrected chi connectivity index (χ3v) is 2.03. The number of aryl methyl sites for hydroxylation is 1. The number of fused-ring (bicyclic) bond motifs is 1. The van der Waals surface area contributed by atoms with Crippen molar-refractivity contribution in [2.75, 3.05) is 0 Å². The first kappa shape index (κ1) is 9.95. The van der Waals surface area contributed by atoms with Crippen molar-refractivity contribution in [3.63, 3.8) is 0 Å². The number of alkyl halides is 3. The van der Waals surface area contributed by atoms with Gasteiger partial charge in [-0.2, -0.15) is 13.2 Å². The second kappa shape index (κ2) is 3.22. The topological polar surface area (TPSA) is 30.2 Å². The maximum atomic E-state index is 12.3. The van der Waals surface area contributed by atoms with Gasteiger partial charge in [-0.15, -0.1) is 0 Å². The van der Waals surface area contributed by atoms with Crippen molar-refractivity contribution >= 4 is 5.78 Å². The van der Waals surface area contributed by atoms with E-state index >= 15 is 0 Å². The highest BCUT2D eigenvalue weighted by molar-refractivity contribution is 5.32. The number of imidazole rings is 1. The van der Waals surface area contributed by atoms with Gasteiger partial charge in [-0.3, -0.25) is 4.40 Å². The normalized spacial score (nSPS) is 12.3. The van der Waals surface area contributed by atoms with Crippen LogP contribution >= 0.6 is 0 Å². The lowest BCUT2D eigenvalue weighted by molar-refractivity contribution is -0.141. The van der Waals surface area contributed by atoms with Crippen molar-refractivity contribution in [1.82, 2.24) is 14.4 Å². The van der Waals surface area contributed by atoms with Crippen LogP contribution in [-0.2, 0) is 12.6 Å². The summed E-state index contributed by atoms with van der Waals surface area (Å²) in [6.45, 7) is 1.88. The van der Waals surface area contributed by atoms with Crippen molar-refractivity contribution in [2.45, 2.75) is 19.5 Å². The highest BCUT2D eigenvalue weighted by atomic mass is 19.4. The minimum absolute atomic E-state index is 0.0849. The molecular weight excluding hydrogens is 207 g/mol. The molecule has 0 saturated heterocycles. The first-order valence-electron chi connectivity index (χ1n) is 4.42. The van der Waals surface area contributed by atoms with Gasteiger partial charge in [0.2, 0.25) is 5.78 Å². The summed E-state index contributed by atoms with van der Waals surface area (Å²) < 4.78 is 38.4. The van der Waals surface area contributed by atoms with Crippen molar-refractivity contribution in [3.05, 3.63) is 29.8 Å². The van der Waals surface area contributed by atoms with Gasteiger partial charge in [0.05, 0.1) is 5.69 Å². The Morgan fingerprint density at radius 1 is 1.33 bits per heavy atom. The van der Waals surface area contributed by atoms with E-state index in [1.807, 2.05) is 6.92 Å². The molecule has 0 aliphatic carbocycles. The third-order valence-electron chi connectivity index (χ3n) is 2.03. The molecule has 3 nitrogen and oxygen atoms in total. The predicted octanol–water partition coefficient (Wildman–Crippen LogP) is 2.31. The molecule has 0 atom stereocenters. The van der Waals surface area contributed by atoms with Gasteiger partial charge in [-0.25, -0.2) is 9.97 Å². The van der Waals surface area contributed by atoms with Gasteiger partial charge >= 0.3 is 6.18 Å². The Bertz CT molecular complexity index is 487. The molecule has 2 aromatic heterocycles. The summed E-state index contributed by atoms with van der Waals surface area (Å²) in [5.41, 5.74) is -0.190. The lowest BCUT2D eigenvalue weighted by Crippen LogP contribution is -2.08. The maximum Gasteiger partial charge on any atom is 0.433 e. The monoisotopic (exact) mass is 215 g/mol. The lowest BCUT2D eigenvalue weighted by atomic mass is 10.4. The average Bonchev–Trinajstić information content (AvgIpc) is 2.57. The number of hydrogen-bond donors (Lipinski definition) is 0. The molecule has 0 aliphatic heterocycles. The van der Waals surface area contributed by atoms with E-state index in [4.69, 9.17) is 0 Å². The molecule has 15 heavy (non-hydrogen) atoms. The van der Waals surface area contributed by atoms with E-state index in [-0.39, 0.29) is 5.78 Å². The number of aromatic nitrogens is 3. The number of hydrogen-bond acceptors (Lipinski definition) is 2. The van der Waals surface area contributed by atoms with Crippen LogP contribution in [0.5, 0.6) is 0 Å². The van der Waals surface area contributed by atoms with E-state index in [9.17, 15) is 13.2 Å². The van der Waals surface area contributed by atoms with Gasteiger partial charge in [-0.05, 0) is 12.5 Å². The molecule has 0 unspecified atom stereocenters. The van der Waals surface area contributed by atoms with E-state index in [0.717, 1.165) is 11.8 Å². The summed E-state index contributed by atoms with van der Waals surface area (Å²) in [6.07, 6.45) is -0.759. The molecule has 0 spiro atoms. The summed E-state index contributed by atoms with van der Waals surface area (Å²) in [4.78, 5) is 7.40. The predicted molar refractivity (Wildman–Crippen MR) is 47.4 cm³/mol. The summed E-state index contributed by atoms with van der Waals surface area (Å²) >= 11 is 0. The van der Waals surface area contributed by atoms with E-state index in [0.29, 0.717) is 6.42 Å². The summed E-state index contributed by atoms with van der Waals surface area (Å²) in [6, 6.07) is 0.939. The standard InChI is InChI=1S/C9H8F3N3/c1-2-6-5-15-4-3-7(9(10,11)12)14-8(15)13-6/h3-5H,2H2,1H3. The third kappa shape index (κ3) is 1.79. The summed E-state index contributed by atoms with van der Waals surface area (Å²) in [5.74, 6) is 0.0849. The van der Waals surface area contributed by atoms with Crippen LogP contribution in [0.1, 0.15) is 18.3 Å². The van der Waals surface area contributed by atoms with Crippen LogP contribution in [0.15, 0.2) is 18.5 Å². The second-order valence-corrected chi connectivity index (χ2v) is 3.10. The Kier molecular flexibility index (Phi) is 2.13. The molecule has 0 aromatic carbocycles. The fourth-order valence-electron chi connectivity index (χ4n) is 1.25. The van der Waals surface area contributed by atoms with Crippen molar-refractivity contribution in [1.29, 1.82) is 0 Å². The van der Waals surface area contributed by atoms with Gasteiger partial charge in [-0.1, -0.05) is 6.92 Å². The van der Waals surface area contributed by atoms with Gasteiger partial charge in [0.15, 0.2) is 0 Å². The Labute approximate surface area is 83.6 Å². The zero-order chi connectivity index (χ0) is 11.1. The smallest absolute Gasteiger partial charge is 0.291 e. The Morgan fingerprint density at radius 3 is 2.67 bits per heavy atom. The second-order valence-electron chi connectivity index (χ2n) is 3.10. The summed E-state index contributed by atoms with van der Waals surface area (Å²) in [5, 5.41) is 0. The van der Waals surface area contributed by atoms with Crippen LogP contribution < -0.4 is 0 Å². The molecule has 80 valence electrons. The van der Waals surface area contributed by atoms with Gasteiger partial charge in [0.1, 0.15) is 5.69 Å². The highest BCUT2D eigenvalue weighted by Crippen LogP contribution is 2.27. The number of rotatable bonds is 1. The Hall–Kier alpha value is -1.59. The number of halogens is 3. The molecule has 2 heterocycles.